The summed E-state index contributed by atoms with van der Waals surface area (Å²) in [7, 11) is 0. The number of aromatic nitrogens is 1. The number of nitrogens with zero attached hydrogens (tertiary/aromatic N) is 3. The molecular weight excluding hydrogens is 350 g/mol. The van der Waals surface area contributed by atoms with E-state index < -0.39 is 0 Å². The van der Waals surface area contributed by atoms with Gasteiger partial charge in [-0.2, -0.15) is 0 Å². The van der Waals surface area contributed by atoms with Crippen LogP contribution in [0.25, 0.3) is 0 Å². The minimum atomic E-state index is -0.0918. The van der Waals surface area contributed by atoms with Gasteiger partial charge in [-0.25, -0.2) is 0 Å². The van der Waals surface area contributed by atoms with Crippen LogP contribution >= 0.6 is 0 Å². The lowest BCUT2D eigenvalue weighted by molar-refractivity contribution is -0.200. The van der Waals surface area contributed by atoms with Crippen molar-refractivity contribution in [1.29, 1.82) is 0 Å². The summed E-state index contributed by atoms with van der Waals surface area (Å²) in [5, 5.41) is 10.2. The van der Waals surface area contributed by atoms with Gasteiger partial charge in [-0.1, -0.05) is 36.4 Å². The Hall–Kier alpha value is -2.24. The van der Waals surface area contributed by atoms with E-state index in [9.17, 15) is 9.90 Å². The molecule has 2 aliphatic heterocycles. The van der Waals surface area contributed by atoms with Crippen LogP contribution in [0.1, 0.15) is 36.4 Å². The molecule has 3 aliphatic rings. The highest BCUT2D eigenvalue weighted by molar-refractivity contribution is 5.78. The Labute approximate surface area is 166 Å². The lowest BCUT2D eigenvalue weighted by Crippen LogP contribution is -2.84. The van der Waals surface area contributed by atoms with Gasteiger partial charge in [0.15, 0.2) is 0 Å². The maximum atomic E-state index is 12.6. The van der Waals surface area contributed by atoms with Crippen LogP contribution in [0, 0.1) is 5.92 Å². The van der Waals surface area contributed by atoms with Crippen molar-refractivity contribution in [1.82, 2.24) is 14.8 Å². The van der Waals surface area contributed by atoms with E-state index in [1.807, 2.05) is 35.4 Å². The first-order chi connectivity index (χ1) is 13.7. The number of hydrogen-bond donors (Lipinski definition) is 1. The highest BCUT2D eigenvalue weighted by atomic mass is 16.3. The van der Waals surface area contributed by atoms with Gasteiger partial charge in [0.05, 0.1) is 17.8 Å². The van der Waals surface area contributed by atoms with E-state index in [0.29, 0.717) is 24.8 Å². The molecule has 0 radical (unpaired) electrons. The van der Waals surface area contributed by atoms with E-state index in [4.69, 9.17) is 0 Å². The van der Waals surface area contributed by atoms with E-state index >= 15 is 0 Å². The van der Waals surface area contributed by atoms with Crippen molar-refractivity contribution in [3.05, 3.63) is 66.0 Å². The Kier molecular flexibility index (Phi) is 4.44. The summed E-state index contributed by atoms with van der Waals surface area (Å²) < 4.78 is 0. The summed E-state index contributed by atoms with van der Waals surface area (Å²) in [6.45, 7) is 2.33. The van der Waals surface area contributed by atoms with Crippen LogP contribution in [-0.4, -0.2) is 57.1 Å². The van der Waals surface area contributed by atoms with E-state index in [0.717, 1.165) is 18.8 Å². The van der Waals surface area contributed by atoms with Gasteiger partial charge in [-0.15, -0.1) is 0 Å². The summed E-state index contributed by atoms with van der Waals surface area (Å²) in [5.41, 5.74) is 2.17. The minimum absolute atomic E-state index is 0.0603. The number of aliphatic hydroxyl groups is 1. The fourth-order valence-corrected chi connectivity index (χ4v) is 5.17. The molecular formula is C23H27N3O2. The molecule has 28 heavy (non-hydrogen) atoms. The minimum Gasteiger partial charge on any atom is -0.395 e. The fraction of sp³-hybridized carbons (Fsp3) is 0.478. The number of amides is 1. The third-order valence-corrected chi connectivity index (χ3v) is 6.78. The summed E-state index contributed by atoms with van der Waals surface area (Å²) in [6, 6.07) is 16.5. The molecule has 2 atom stereocenters. The highest BCUT2D eigenvalue weighted by Gasteiger charge is 2.66. The molecule has 1 spiro atoms. The van der Waals surface area contributed by atoms with Crippen LogP contribution in [-0.2, 0) is 11.3 Å². The second kappa shape index (κ2) is 6.98. The van der Waals surface area contributed by atoms with Gasteiger partial charge in [0.2, 0.25) is 5.91 Å². The Balaban J connectivity index is 1.40. The van der Waals surface area contributed by atoms with E-state index in [2.05, 4.69) is 34.1 Å². The number of aliphatic hydroxyl groups excluding tert-OH is 1. The second-order valence-electron chi connectivity index (χ2n) is 8.59. The second-order valence-corrected chi connectivity index (χ2v) is 8.59. The Morgan fingerprint density at radius 1 is 1.11 bits per heavy atom. The molecule has 1 aliphatic carbocycles. The third kappa shape index (κ3) is 2.93. The van der Waals surface area contributed by atoms with Gasteiger partial charge >= 0.3 is 0 Å². The lowest BCUT2D eigenvalue weighted by atomic mass is 9.60. The quantitative estimate of drug-likeness (QED) is 0.840. The molecule has 1 aromatic heterocycles. The Morgan fingerprint density at radius 2 is 1.86 bits per heavy atom. The third-order valence-electron chi connectivity index (χ3n) is 6.78. The molecule has 2 aromatic rings. The molecule has 1 N–H and O–H groups in total. The zero-order chi connectivity index (χ0) is 19.1. The molecule has 5 nitrogen and oxygen atoms in total. The largest absolute Gasteiger partial charge is 0.395 e. The molecule has 5 heteroatoms. The zero-order valence-corrected chi connectivity index (χ0v) is 16.1. The van der Waals surface area contributed by atoms with Gasteiger partial charge in [-0.3, -0.25) is 14.7 Å². The first kappa shape index (κ1) is 17.8. The van der Waals surface area contributed by atoms with Crippen molar-refractivity contribution in [3.63, 3.8) is 0 Å². The highest BCUT2D eigenvalue weighted by Crippen LogP contribution is 2.54. The molecule has 1 saturated carbocycles. The van der Waals surface area contributed by atoms with Crippen LogP contribution in [0.2, 0.25) is 0 Å². The van der Waals surface area contributed by atoms with Crippen molar-refractivity contribution in [3.8, 4) is 0 Å². The molecule has 3 fully saturated rings. The number of benzene rings is 1. The summed E-state index contributed by atoms with van der Waals surface area (Å²) in [4.78, 5) is 21.5. The number of carbonyl (C=O) groups is 1. The Morgan fingerprint density at radius 3 is 2.50 bits per heavy atom. The predicted molar refractivity (Wildman–Crippen MR) is 106 cm³/mol. The van der Waals surface area contributed by atoms with Crippen LogP contribution in [0.15, 0.2) is 54.7 Å². The zero-order valence-electron chi connectivity index (χ0n) is 16.1. The predicted octanol–water partition coefficient (Wildman–Crippen LogP) is 2.42. The van der Waals surface area contributed by atoms with E-state index in [1.54, 1.807) is 0 Å². The van der Waals surface area contributed by atoms with Crippen molar-refractivity contribution in [2.24, 2.45) is 5.92 Å². The van der Waals surface area contributed by atoms with Gasteiger partial charge < -0.3 is 10.0 Å². The van der Waals surface area contributed by atoms with Crippen LogP contribution in [0.5, 0.6) is 0 Å². The first-order valence-corrected chi connectivity index (χ1v) is 10.3. The first-order valence-electron chi connectivity index (χ1n) is 10.3. The average molecular weight is 377 g/mol. The average Bonchev–Trinajstić information content (AvgIpc) is 3.49. The topological polar surface area (TPSA) is 56.7 Å². The van der Waals surface area contributed by atoms with Gasteiger partial charge in [0.1, 0.15) is 0 Å². The van der Waals surface area contributed by atoms with Crippen molar-refractivity contribution < 1.29 is 9.90 Å². The van der Waals surface area contributed by atoms with E-state index in [1.165, 1.54) is 18.4 Å². The number of carbonyl (C=O) groups excluding carboxylic acids is 1. The summed E-state index contributed by atoms with van der Waals surface area (Å²) in [5.74, 6) is 1.16. The standard InChI is InChI=1S/C23H27N3O2/c27-14-20-22(18-6-2-1-3-7-18)23(26(20)13-19-8-4-5-11-24-19)15-25(16-23)21(28)12-17-9-10-17/h1-8,11,17,20,22,27H,9-10,12-16H2/t20-,22+/m1/s1. The molecule has 3 heterocycles. The van der Waals surface area contributed by atoms with Crippen molar-refractivity contribution in [2.75, 3.05) is 19.7 Å². The Bertz CT molecular complexity index is 831. The maximum absolute atomic E-state index is 12.6. The number of pyridine rings is 1. The van der Waals surface area contributed by atoms with Gasteiger partial charge in [0, 0.05) is 44.2 Å². The van der Waals surface area contributed by atoms with Crippen LogP contribution in [0.3, 0.4) is 0 Å². The smallest absolute Gasteiger partial charge is 0.222 e. The molecule has 0 unspecified atom stereocenters. The van der Waals surface area contributed by atoms with Crippen LogP contribution in [0.4, 0.5) is 0 Å². The summed E-state index contributed by atoms with van der Waals surface area (Å²) >= 11 is 0. The number of rotatable bonds is 6. The van der Waals surface area contributed by atoms with Crippen molar-refractivity contribution in [2.45, 2.75) is 43.3 Å². The molecule has 2 saturated heterocycles. The number of hydrogen-bond acceptors (Lipinski definition) is 4. The normalized spacial score (nSPS) is 26.0. The molecule has 0 bridgehead atoms. The lowest BCUT2D eigenvalue weighted by Gasteiger charge is -2.70. The monoisotopic (exact) mass is 377 g/mol. The molecule has 5 rings (SSSR count). The molecule has 1 amide bonds. The van der Waals surface area contributed by atoms with E-state index in [-0.39, 0.29) is 24.1 Å². The molecule has 146 valence electrons. The van der Waals surface area contributed by atoms with Crippen LogP contribution < -0.4 is 0 Å². The molecule has 1 aromatic carbocycles. The van der Waals surface area contributed by atoms with Crippen molar-refractivity contribution >= 4 is 5.91 Å². The fourth-order valence-electron chi connectivity index (χ4n) is 5.17. The number of likely N-dealkylation sites (tertiary alicyclic amines) is 2. The van der Waals surface area contributed by atoms with Gasteiger partial charge in [-0.05, 0) is 36.5 Å². The van der Waals surface area contributed by atoms with Gasteiger partial charge in [0.25, 0.3) is 0 Å². The summed E-state index contributed by atoms with van der Waals surface area (Å²) in [6.07, 6.45) is 4.93. The maximum Gasteiger partial charge on any atom is 0.222 e. The SMILES string of the molecule is O=C(CC1CC1)N1CC2(C1)[C@@H](c1ccccc1)[C@@H](CO)N2Cc1ccccn1.